The molecule has 0 aliphatic rings. The molecule has 0 bridgehead atoms. The minimum atomic E-state index is -0.330. The van der Waals surface area contributed by atoms with E-state index >= 15 is 0 Å². The molecule has 0 aliphatic heterocycles. The van der Waals surface area contributed by atoms with E-state index in [1.165, 1.54) is 0 Å². The second kappa shape index (κ2) is 9.80. The van der Waals surface area contributed by atoms with E-state index in [0.29, 0.717) is 23.1 Å². The first kappa shape index (κ1) is 18.0. The summed E-state index contributed by atoms with van der Waals surface area (Å²) in [6.07, 6.45) is 2.88. The van der Waals surface area contributed by atoms with Crippen molar-refractivity contribution in [3.8, 4) is 0 Å². The average molecular weight is 313 g/mol. The van der Waals surface area contributed by atoms with Crippen LogP contribution in [0.25, 0.3) is 0 Å². The van der Waals surface area contributed by atoms with Crippen molar-refractivity contribution in [2.45, 2.75) is 46.1 Å². The number of ether oxygens (including phenoxy) is 2. The van der Waals surface area contributed by atoms with Crippen LogP contribution < -0.4 is 0 Å². The zero-order valence-corrected chi connectivity index (χ0v) is 13.9. The molecule has 0 saturated carbocycles. The van der Waals surface area contributed by atoms with Gasteiger partial charge < -0.3 is 9.47 Å². The topological polar surface area (TPSA) is 35.5 Å². The van der Waals surface area contributed by atoms with Crippen LogP contribution in [0, 0.1) is 5.92 Å². The molecule has 2 unspecified atom stereocenters. The SMILES string of the molecule is CCCCOCC(C)CC(C)OC(=O)c1cccc(Cl)c1. The van der Waals surface area contributed by atoms with Crippen LogP contribution in [0.3, 0.4) is 0 Å². The molecule has 1 rings (SSSR count). The van der Waals surface area contributed by atoms with Gasteiger partial charge in [0.2, 0.25) is 0 Å². The first-order valence-electron chi connectivity index (χ1n) is 7.57. The van der Waals surface area contributed by atoms with E-state index < -0.39 is 0 Å². The van der Waals surface area contributed by atoms with Gasteiger partial charge >= 0.3 is 5.97 Å². The lowest BCUT2D eigenvalue weighted by molar-refractivity contribution is 0.0229. The van der Waals surface area contributed by atoms with Gasteiger partial charge in [0.15, 0.2) is 0 Å². The normalized spacial score (nSPS) is 13.7. The molecule has 21 heavy (non-hydrogen) atoms. The van der Waals surface area contributed by atoms with Crippen LogP contribution in [0.4, 0.5) is 0 Å². The Bertz CT molecular complexity index is 434. The summed E-state index contributed by atoms with van der Waals surface area (Å²) in [7, 11) is 0. The Kier molecular flexibility index (Phi) is 8.40. The Morgan fingerprint density at radius 3 is 2.76 bits per heavy atom. The maximum absolute atomic E-state index is 12.0. The molecule has 0 fully saturated rings. The molecule has 0 spiro atoms. The van der Waals surface area contributed by atoms with Crippen LogP contribution in [-0.4, -0.2) is 25.3 Å². The number of benzene rings is 1. The Balaban J connectivity index is 2.32. The monoisotopic (exact) mass is 312 g/mol. The maximum Gasteiger partial charge on any atom is 0.338 e. The summed E-state index contributed by atoms with van der Waals surface area (Å²) in [6, 6.07) is 6.80. The summed E-state index contributed by atoms with van der Waals surface area (Å²) < 4.78 is 11.0. The molecular formula is C17H25ClO3. The highest BCUT2D eigenvalue weighted by Gasteiger charge is 2.15. The van der Waals surface area contributed by atoms with Crippen LogP contribution >= 0.6 is 11.6 Å². The summed E-state index contributed by atoms with van der Waals surface area (Å²) in [4.78, 5) is 12.0. The predicted octanol–water partition coefficient (Wildman–Crippen LogP) is 4.73. The Morgan fingerprint density at radius 1 is 1.33 bits per heavy atom. The third kappa shape index (κ3) is 7.49. The van der Waals surface area contributed by atoms with Crippen molar-refractivity contribution in [2.75, 3.05) is 13.2 Å². The molecule has 1 aromatic rings. The van der Waals surface area contributed by atoms with Crippen molar-refractivity contribution >= 4 is 17.6 Å². The lowest BCUT2D eigenvalue weighted by Crippen LogP contribution is -2.20. The summed E-state index contributed by atoms with van der Waals surface area (Å²) >= 11 is 5.87. The molecule has 1 aromatic carbocycles. The minimum Gasteiger partial charge on any atom is -0.459 e. The summed E-state index contributed by atoms with van der Waals surface area (Å²) in [5.41, 5.74) is 0.487. The van der Waals surface area contributed by atoms with Gasteiger partial charge in [0.05, 0.1) is 11.7 Å². The van der Waals surface area contributed by atoms with Crippen LogP contribution in [0.1, 0.15) is 50.4 Å². The highest BCUT2D eigenvalue weighted by atomic mass is 35.5. The van der Waals surface area contributed by atoms with Crippen molar-refractivity contribution < 1.29 is 14.3 Å². The number of hydrogen-bond donors (Lipinski definition) is 0. The second-order valence-corrected chi connectivity index (χ2v) is 5.93. The molecule has 0 aliphatic carbocycles. The van der Waals surface area contributed by atoms with Gasteiger partial charge in [-0.1, -0.05) is 37.9 Å². The Hall–Kier alpha value is -1.06. The fraction of sp³-hybridized carbons (Fsp3) is 0.588. The maximum atomic E-state index is 12.0. The Morgan fingerprint density at radius 2 is 2.10 bits per heavy atom. The van der Waals surface area contributed by atoms with E-state index in [4.69, 9.17) is 21.1 Å². The number of unbranched alkanes of at least 4 members (excludes halogenated alkanes) is 1. The van der Waals surface area contributed by atoms with Gasteiger partial charge in [0, 0.05) is 18.2 Å². The van der Waals surface area contributed by atoms with E-state index in [1.807, 2.05) is 6.92 Å². The fourth-order valence-electron chi connectivity index (χ4n) is 2.08. The van der Waals surface area contributed by atoms with Crippen LogP contribution in [0.15, 0.2) is 24.3 Å². The van der Waals surface area contributed by atoms with E-state index in [0.717, 1.165) is 25.9 Å². The van der Waals surface area contributed by atoms with E-state index in [9.17, 15) is 4.79 Å². The largest absolute Gasteiger partial charge is 0.459 e. The number of carbonyl (C=O) groups excluding carboxylic acids is 1. The number of hydrogen-bond acceptors (Lipinski definition) is 3. The van der Waals surface area contributed by atoms with Gasteiger partial charge in [-0.15, -0.1) is 0 Å². The first-order chi connectivity index (χ1) is 10.0. The molecule has 0 amide bonds. The van der Waals surface area contributed by atoms with Gasteiger partial charge in [-0.3, -0.25) is 0 Å². The molecule has 0 N–H and O–H groups in total. The predicted molar refractivity (Wildman–Crippen MR) is 85.8 cm³/mol. The van der Waals surface area contributed by atoms with Crippen molar-refractivity contribution in [1.29, 1.82) is 0 Å². The quantitative estimate of drug-likeness (QED) is 0.488. The molecule has 0 aromatic heterocycles. The lowest BCUT2D eigenvalue weighted by Gasteiger charge is -2.18. The highest BCUT2D eigenvalue weighted by Crippen LogP contribution is 2.15. The lowest BCUT2D eigenvalue weighted by atomic mass is 10.1. The molecule has 0 radical (unpaired) electrons. The van der Waals surface area contributed by atoms with Crippen LogP contribution in [-0.2, 0) is 9.47 Å². The number of carbonyl (C=O) groups is 1. The summed E-state index contributed by atoms with van der Waals surface area (Å²) in [5.74, 6) is 0.0353. The zero-order chi connectivity index (χ0) is 15.7. The molecule has 2 atom stereocenters. The van der Waals surface area contributed by atoms with Gasteiger partial charge in [-0.05, 0) is 43.9 Å². The molecule has 0 saturated heterocycles. The number of rotatable bonds is 9. The van der Waals surface area contributed by atoms with Crippen molar-refractivity contribution in [1.82, 2.24) is 0 Å². The third-order valence-corrected chi connectivity index (χ3v) is 3.38. The zero-order valence-electron chi connectivity index (χ0n) is 13.1. The minimum absolute atomic E-state index is 0.138. The highest BCUT2D eigenvalue weighted by molar-refractivity contribution is 6.30. The fourth-order valence-corrected chi connectivity index (χ4v) is 2.27. The van der Waals surface area contributed by atoms with Gasteiger partial charge in [0.25, 0.3) is 0 Å². The Labute approximate surface area is 132 Å². The van der Waals surface area contributed by atoms with Gasteiger partial charge in [-0.2, -0.15) is 0 Å². The van der Waals surface area contributed by atoms with Crippen LogP contribution in [0.5, 0.6) is 0 Å². The van der Waals surface area contributed by atoms with Crippen molar-refractivity contribution in [2.24, 2.45) is 5.92 Å². The van der Waals surface area contributed by atoms with E-state index in [1.54, 1.807) is 24.3 Å². The van der Waals surface area contributed by atoms with E-state index in [2.05, 4.69) is 13.8 Å². The number of esters is 1. The molecule has 4 heteroatoms. The second-order valence-electron chi connectivity index (χ2n) is 5.50. The van der Waals surface area contributed by atoms with Crippen LogP contribution in [0.2, 0.25) is 5.02 Å². The smallest absolute Gasteiger partial charge is 0.338 e. The standard InChI is InChI=1S/C17H25ClO3/c1-4-5-9-20-12-13(2)10-14(3)21-17(19)15-7-6-8-16(18)11-15/h6-8,11,13-14H,4-5,9-10,12H2,1-3H3. The van der Waals surface area contributed by atoms with Crippen molar-refractivity contribution in [3.05, 3.63) is 34.9 Å². The molecule has 3 nitrogen and oxygen atoms in total. The van der Waals surface area contributed by atoms with Gasteiger partial charge in [0.1, 0.15) is 0 Å². The first-order valence-corrected chi connectivity index (χ1v) is 7.95. The average Bonchev–Trinajstić information content (AvgIpc) is 2.43. The third-order valence-electron chi connectivity index (χ3n) is 3.15. The summed E-state index contributed by atoms with van der Waals surface area (Å²) in [6.45, 7) is 7.67. The summed E-state index contributed by atoms with van der Waals surface area (Å²) in [5, 5.41) is 0.537. The van der Waals surface area contributed by atoms with E-state index in [-0.39, 0.29) is 12.1 Å². The molecule has 0 heterocycles. The van der Waals surface area contributed by atoms with Crippen molar-refractivity contribution in [3.63, 3.8) is 0 Å². The molecular weight excluding hydrogens is 288 g/mol. The van der Waals surface area contributed by atoms with Gasteiger partial charge in [-0.25, -0.2) is 4.79 Å². The molecule has 118 valence electrons. The number of halogens is 1.